The van der Waals surface area contributed by atoms with E-state index < -0.39 is 11.2 Å². The molecular weight excluding hydrogens is 356 g/mol. The smallest absolute Gasteiger partial charge is 0.329 e. The standard InChI is InChI=1S/C17H20N4O4S/c1-20-14-13(15(23)19-16(20)24)21(17(18-14)26-11-9-22)8-5-10-25-12-6-3-2-4-7-12/h2-4,6-7,22H,5,8-11H2,1H3,(H,19,23,24). The van der Waals surface area contributed by atoms with Gasteiger partial charge in [-0.3, -0.25) is 14.3 Å². The number of aliphatic hydroxyl groups excluding tert-OH is 1. The number of aliphatic hydroxyl groups is 1. The summed E-state index contributed by atoms with van der Waals surface area (Å²) in [5.41, 5.74) is -0.274. The Morgan fingerprint density at radius 2 is 2.04 bits per heavy atom. The lowest BCUT2D eigenvalue weighted by molar-refractivity contribution is 0.300. The van der Waals surface area contributed by atoms with Crippen molar-refractivity contribution in [3.8, 4) is 5.75 Å². The molecular formula is C17H20N4O4S. The van der Waals surface area contributed by atoms with Gasteiger partial charge in [0.1, 0.15) is 5.75 Å². The normalized spacial score (nSPS) is 11.2. The number of nitrogens with zero attached hydrogens (tertiary/aromatic N) is 3. The van der Waals surface area contributed by atoms with Gasteiger partial charge in [0.05, 0.1) is 13.2 Å². The van der Waals surface area contributed by atoms with E-state index in [0.717, 1.165) is 5.75 Å². The maximum Gasteiger partial charge on any atom is 0.329 e. The molecule has 0 aliphatic heterocycles. The number of aryl methyl sites for hydroxylation is 2. The van der Waals surface area contributed by atoms with Crippen molar-refractivity contribution in [1.29, 1.82) is 0 Å². The zero-order valence-electron chi connectivity index (χ0n) is 14.3. The first-order chi connectivity index (χ1) is 12.6. The number of hydrogen-bond acceptors (Lipinski definition) is 6. The van der Waals surface area contributed by atoms with Gasteiger partial charge in [-0.05, 0) is 18.6 Å². The number of nitrogens with one attached hydrogen (secondary N) is 1. The van der Waals surface area contributed by atoms with Crippen LogP contribution in [0.15, 0.2) is 45.1 Å². The summed E-state index contributed by atoms with van der Waals surface area (Å²) in [6, 6.07) is 9.50. The number of fused-ring (bicyclic) bond motifs is 1. The summed E-state index contributed by atoms with van der Waals surface area (Å²) in [4.78, 5) is 30.8. The Labute approximate surface area is 153 Å². The molecule has 9 heteroatoms. The van der Waals surface area contributed by atoms with Gasteiger partial charge in [-0.1, -0.05) is 30.0 Å². The third kappa shape index (κ3) is 3.83. The van der Waals surface area contributed by atoms with Gasteiger partial charge in [0, 0.05) is 19.3 Å². The second kappa shape index (κ2) is 8.24. The molecule has 0 unspecified atom stereocenters. The van der Waals surface area contributed by atoms with Crippen molar-refractivity contribution in [3.05, 3.63) is 51.2 Å². The van der Waals surface area contributed by atoms with Crippen LogP contribution in [0.2, 0.25) is 0 Å². The van der Waals surface area contributed by atoms with Crippen LogP contribution in [0.1, 0.15) is 6.42 Å². The van der Waals surface area contributed by atoms with E-state index in [1.165, 1.54) is 16.3 Å². The van der Waals surface area contributed by atoms with Gasteiger partial charge in [0.25, 0.3) is 5.56 Å². The van der Waals surface area contributed by atoms with E-state index in [1.807, 2.05) is 30.3 Å². The molecule has 0 aliphatic carbocycles. The molecule has 3 aromatic rings. The summed E-state index contributed by atoms with van der Waals surface area (Å²) in [5.74, 6) is 1.24. The zero-order chi connectivity index (χ0) is 18.5. The summed E-state index contributed by atoms with van der Waals surface area (Å²) in [5, 5.41) is 9.68. The fourth-order valence-corrected chi connectivity index (χ4v) is 3.36. The zero-order valence-corrected chi connectivity index (χ0v) is 15.2. The van der Waals surface area contributed by atoms with Crippen LogP contribution in [-0.4, -0.2) is 43.2 Å². The highest BCUT2D eigenvalue weighted by molar-refractivity contribution is 7.99. The number of ether oxygens (including phenoxy) is 1. The molecule has 0 radical (unpaired) electrons. The predicted octanol–water partition coefficient (Wildman–Crippen LogP) is 0.977. The first-order valence-corrected chi connectivity index (χ1v) is 9.21. The first-order valence-electron chi connectivity index (χ1n) is 8.23. The number of H-pyrrole nitrogens is 1. The van der Waals surface area contributed by atoms with Gasteiger partial charge in [-0.25, -0.2) is 9.78 Å². The fraction of sp³-hybridized carbons (Fsp3) is 0.353. The molecule has 8 nitrogen and oxygen atoms in total. The largest absolute Gasteiger partial charge is 0.494 e. The minimum atomic E-state index is -0.502. The third-order valence-electron chi connectivity index (χ3n) is 3.83. The van der Waals surface area contributed by atoms with Crippen molar-refractivity contribution < 1.29 is 9.84 Å². The molecule has 138 valence electrons. The molecule has 0 bridgehead atoms. The van der Waals surface area contributed by atoms with E-state index >= 15 is 0 Å². The van der Waals surface area contributed by atoms with Gasteiger partial charge < -0.3 is 14.4 Å². The van der Waals surface area contributed by atoms with Gasteiger partial charge >= 0.3 is 5.69 Å². The Morgan fingerprint density at radius 1 is 1.27 bits per heavy atom. The van der Waals surface area contributed by atoms with Crippen LogP contribution in [0.5, 0.6) is 5.75 Å². The van der Waals surface area contributed by atoms with Crippen molar-refractivity contribution in [2.24, 2.45) is 7.05 Å². The molecule has 0 spiro atoms. The average Bonchev–Trinajstić information content (AvgIpc) is 3.01. The molecule has 2 N–H and O–H groups in total. The summed E-state index contributed by atoms with van der Waals surface area (Å²) in [7, 11) is 1.57. The van der Waals surface area contributed by atoms with E-state index in [4.69, 9.17) is 9.84 Å². The molecule has 0 saturated carbocycles. The Morgan fingerprint density at radius 3 is 2.77 bits per heavy atom. The van der Waals surface area contributed by atoms with E-state index in [0.29, 0.717) is 41.6 Å². The van der Waals surface area contributed by atoms with Gasteiger partial charge in [-0.2, -0.15) is 0 Å². The second-order valence-corrected chi connectivity index (χ2v) is 6.69. The Bertz CT molecular complexity index is 994. The van der Waals surface area contributed by atoms with Crippen LogP contribution in [0, 0.1) is 0 Å². The number of aromatic nitrogens is 4. The minimum Gasteiger partial charge on any atom is -0.494 e. The molecule has 0 amide bonds. The highest BCUT2D eigenvalue weighted by Crippen LogP contribution is 2.21. The number of aromatic amines is 1. The summed E-state index contributed by atoms with van der Waals surface area (Å²) in [6.07, 6.45) is 0.662. The average molecular weight is 376 g/mol. The third-order valence-corrected chi connectivity index (χ3v) is 4.79. The maximum atomic E-state index is 12.3. The van der Waals surface area contributed by atoms with E-state index in [-0.39, 0.29) is 6.61 Å². The van der Waals surface area contributed by atoms with Crippen LogP contribution in [0.4, 0.5) is 0 Å². The highest BCUT2D eigenvalue weighted by Gasteiger charge is 2.17. The fourth-order valence-electron chi connectivity index (χ4n) is 2.60. The van der Waals surface area contributed by atoms with Gasteiger partial charge in [0.15, 0.2) is 16.3 Å². The molecule has 0 saturated heterocycles. The van der Waals surface area contributed by atoms with Crippen LogP contribution < -0.4 is 16.0 Å². The lowest BCUT2D eigenvalue weighted by Gasteiger charge is -2.09. The number of hydrogen-bond donors (Lipinski definition) is 2. The SMILES string of the molecule is Cn1c(=O)[nH]c(=O)c2c1nc(SCCO)n2CCCOc1ccccc1. The van der Waals surface area contributed by atoms with Gasteiger partial charge in [0.2, 0.25) is 0 Å². The number of rotatable bonds is 8. The minimum absolute atomic E-state index is 0.000276. The van der Waals surface area contributed by atoms with Crippen LogP contribution in [0.3, 0.4) is 0 Å². The highest BCUT2D eigenvalue weighted by atomic mass is 32.2. The molecule has 0 fully saturated rings. The lowest BCUT2D eigenvalue weighted by Crippen LogP contribution is -2.29. The summed E-state index contributed by atoms with van der Waals surface area (Å²) < 4.78 is 8.78. The van der Waals surface area contributed by atoms with E-state index in [9.17, 15) is 9.59 Å². The maximum absolute atomic E-state index is 12.3. The van der Waals surface area contributed by atoms with Crippen molar-refractivity contribution >= 4 is 22.9 Å². The first kappa shape index (κ1) is 18.3. The number of para-hydroxylation sites is 1. The molecule has 2 aromatic heterocycles. The van der Waals surface area contributed by atoms with Crippen molar-refractivity contribution in [2.45, 2.75) is 18.1 Å². The van der Waals surface area contributed by atoms with Crippen LogP contribution in [-0.2, 0) is 13.6 Å². The van der Waals surface area contributed by atoms with Crippen molar-refractivity contribution in [1.82, 2.24) is 19.1 Å². The summed E-state index contributed by atoms with van der Waals surface area (Å²) >= 11 is 1.34. The van der Waals surface area contributed by atoms with E-state index in [2.05, 4.69) is 9.97 Å². The summed E-state index contributed by atoms with van der Waals surface area (Å²) in [6.45, 7) is 0.996. The van der Waals surface area contributed by atoms with Crippen LogP contribution >= 0.6 is 11.8 Å². The second-order valence-electron chi connectivity index (χ2n) is 5.62. The lowest BCUT2D eigenvalue weighted by atomic mass is 10.3. The Balaban J connectivity index is 1.84. The Kier molecular flexibility index (Phi) is 5.79. The van der Waals surface area contributed by atoms with Crippen molar-refractivity contribution in [3.63, 3.8) is 0 Å². The quantitative estimate of drug-likeness (QED) is 0.449. The molecule has 1 aromatic carbocycles. The number of imidazole rings is 1. The predicted molar refractivity (Wildman–Crippen MR) is 100.0 cm³/mol. The number of thioether (sulfide) groups is 1. The monoisotopic (exact) mass is 376 g/mol. The topological polar surface area (TPSA) is 102 Å². The molecule has 0 aliphatic rings. The number of benzene rings is 1. The van der Waals surface area contributed by atoms with E-state index in [1.54, 1.807) is 11.6 Å². The Hall–Kier alpha value is -2.52. The molecule has 2 heterocycles. The molecule has 3 rings (SSSR count). The van der Waals surface area contributed by atoms with Crippen molar-refractivity contribution in [2.75, 3.05) is 19.0 Å². The molecule has 0 atom stereocenters. The van der Waals surface area contributed by atoms with Crippen LogP contribution in [0.25, 0.3) is 11.2 Å². The van der Waals surface area contributed by atoms with Gasteiger partial charge in [-0.15, -0.1) is 0 Å². The molecule has 26 heavy (non-hydrogen) atoms.